The molecular formula is C39H48N4O5. The zero-order chi connectivity index (χ0) is 34.7. The predicted molar refractivity (Wildman–Crippen MR) is 187 cm³/mol. The molecule has 9 heteroatoms. The van der Waals surface area contributed by atoms with Gasteiger partial charge in [0.2, 0.25) is 0 Å². The number of hydrogen-bond donors (Lipinski definition) is 0. The van der Waals surface area contributed by atoms with Gasteiger partial charge in [0.05, 0.1) is 25.8 Å². The number of nitriles is 1. The number of hydrogen-bond acceptors (Lipinski definition) is 7. The Balaban J connectivity index is 1.29. The third kappa shape index (κ3) is 7.44. The number of nitrogens with zero attached hydrogens (tertiary/aromatic N) is 4. The van der Waals surface area contributed by atoms with Crippen molar-refractivity contribution in [3.8, 4) is 34.4 Å². The molecule has 3 aromatic rings. The van der Waals surface area contributed by atoms with Crippen LogP contribution in [-0.4, -0.2) is 60.2 Å². The van der Waals surface area contributed by atoms with Gasteiger partial charge in [0.1, 0.15) is 35.0 Å². The van der Waals surface area contributed by atoms with Crippen LogP contribution in [0.3, 0.4) is 0 Å². The third-order valence-corrected chi connectivity index (χ3v) is 9.45. The van der Waals surface area contributed by atoms with E-state index in [1.165, 1.54) is 0 Å². The minimum Gasteiger partial charge on any atom is -0.496 e. The van der Waals surface area contributed by atoms with E-state index in [-0.39, 0.29) is 34.6 Å². The lowest BCUT2D eigenvalue weighted by atomic mass is 9.93. The van der Waals surface area contributed by atoms with Gasteiger partial charge in [-0.3, -0.25) is 14.5 Å². The fourth-order valence-electron chi connectivity index (χ4n) is 6.90. The quantitative estimate of drug-likeness (QED) is 0.192. The first-order valence-electron chi connectivity index (χ1n) is 16.7. The molecule has 5 rings (SSSR count). The van der Waals surface area contributed by atoms with Gasteiger partial charge in [-0.15, -0.1) is 0 Å². The molecule has 0 N–H and O–H groups in total. The lowest BCUT2D eigenvalue weighted by Gasteiger charge is -2.26. The average molecular weight is 653 g/mol. The minimum absolute atomic E-state index is 0.00170. The number of aromatic nitrogens is 1. The number of carbonyl (C=O) groups excluding carboxylic acids is 1. The van der Waals surface area contributed by atoms with Crippen LogP contribution in [0, 0.1) is 30.6 Å². The van der Waals surface area contributed by atoms with Gasteiger partial charge in [-0.05, 0) is 79.5 Å². The maximum absolute atomic E-state index is 13.4. The number of rotatable bonds is 9. The van der Waals surface area contributed by atoms with Crippen molar-refractivity contribution in [1.82, 2.24) is 14.4 Å². The highest BCUT2D eigenvalue weighted by atomic mass is 16.5. The van der Waals surface area contributed by atoms with Crippen molar-refractivity contribution in [3.05, 3.63) is 86.9 Å². The lowest BCUT2D eigenvalue weighted by Crippen LogP contribution is -2.32. The Morgan fingerprint density at radius 3 is 2.40 bits per heavy atom. The van der Waals surface area contributed by atoms with Crippen LogP contribution in [0.2, 0.25) is 0 Å². The molecule has 0 aliphatic carbocycles. The molecular weight excluding hydrogens is 604 g/mol. The highest BCUT2D eigenvalue weighted by molar-refractivity contribution is 5.97. The van der Waals surface area contributed by atoms with Gasteiger partial charge in [0.15, 0.2) is 0 Å². The van der Waals surface area contributed by atoms with Crippen LogP contribution in [0.4, 0.5) is 0 Å². The number of amides is 1. The molecule has 2 atom stereocenters. The zero-order valence-corrected chi connectivity index (χ0v) is 29.6. The highest BCUT2D eigenvalue weighted by Crippen LogP contribution is 2.39. The standard InChI is InChI=1S/C39H48N4O5/c1-25-26(2)37(44)41(6)23-32(25)28-18-35(46-7)33(36(19-28)47-8)24-42-16-14-31(22-42)48-30-12-9-11-27(17-30)34-13-10-15-43(34)38(45)29(21-40)20-39(3,4)5/h9,11-12,17-20,23,31,34H,10,13-16,22,24H2,1-8H3/t31-,34?/m0/s1. The van der Waals surface area contributed by atoms with Crippen molar-refractivity contribution in [2.24, 2.45) is 12.5 Å². The van der Waals surface area contributed by atoms with E-state index in [1.54, 1.807) is 31.9 Å². The molecule has 0 spiro atoms. The molecule has 0 radical (unpaired) electrons. The molecule has 0 bridgehead atoms. The van der Waals surface area contributed by atoms with E-state index in [9.17, 15) is 14.9 Å². The van der Waals surface area contributed by atoms with Crippen LogP contribution in [-0.2, 0) is 18.4 Å². The summed E-state index contributed by atoms with van der Waals surface area (Å²) in [6.07, 6.45) is 6.27. The molecule has 1 unspecified atom stereocenters. The fraction of sp³-hybridized carbons (Fsp3) is 0.462. The Hall–Kier alpha value is -4.55. The number of allylic oxidation sites excluding steroid dienone is 1. The van der Waals surface area contributed by atoms with Crippen molar-refractivity contribution in [2.75, 3.05) is 33.9 Å². The Bertz CT molecular complexity index is 1790. The Morgan fingerprint density at radius 1 is 1.04 bits per heavy atom. The van der Waals surface area contributed by atoms with Crippen LogP contribution < -0.4 is 19.8 Å². The van der Waals surface area contributed by atoms with Gasteiger partial charge in [-0.25, -0.2) is 0 Å². The molecule has 1 amide bonds. The molecule has 1 aromatic heterocycles. The maximum Gasteiger partial charge on any atom is 0.264 e. The molecule has 2 aliphatic rings. The van der Waals surface area contributed by atoms with E-state index in [4.69, 9.17) is 14.2 Å². The Labute approximate surface area is 284 Å². The summed E-state index contributed by atoms with van der Waals surface area (Å²) in [5, 5.41) is 9.74. The number of methoxy groups -OCH3 is 2. The summed E-state index contributed by atoms with van der Waals surface area (Å²) in [6.45, 7) is 12.7. The minimum atomic E-state index is -0.263. The smallest absolute Gasteiger partial charge is 0.264 e. The summed E-state index contributed by atoms with van der Waals surface area (Å²) in [7, 11) is 5.11. The van der Waals surface area contributed by atoms with Crippen LogP contribution in [0.5, 0.6) is 17.2 Å². The molecule has 2 fully saturated rings. The maximum atomic E-state index is 13.4. The lowest BCUT2D eigenvalue weighted by molar-refractivity contribution is -0.127. The molecule has 2 aromatic carbocycles. The van der Waals surface area contributed by atoms with Crippen molar-refractivity contribution in [2.45, 2.75) is 72.6 Å². The zero-order valence-electron chi connectivity index (χ0n) is 29.6. The number of likely N-dealkylation sites (tertiary alicyclic amines) is 2. The van der Waals surface area contributed by atoms with Crippen LogP contribution in [0.1, 0.15) is 68.3 Å². The van der Waals surface area contributed by atoms with E-state index < -0.39 is 0 Å². The molecule has 3 heterocycles. The second kappa shape index (κ2) is 14.3. The summed E-state index contributed by atoms with van der Waals surface area (Å²) in [5.74, 6) is 2.05. The molecule has 2 saturated heterocycles. The highest BCUT2D eigenvalue weighted by Gasteiger charge is 2.33. The average Bonchev–Trinajstić information content (AvgIpc) is 3.73. The normalized spacial score (nSPS) is 18.6. The summed E-state index contributed by atoms with van der Waals surface area (Å²) >= 11 is 0. The number of benzene rings is 2. The van der Waals surface area contributed by atoms with E-state index in [0.29, 0.717) is 13.1 Å². The topological polar surface area (TPSA) is 97.0 Å². The first kappa shape index (κ1) is 34.8. The second-order valence-corrected chi connectivity index (χ2v) is 14.1. The van der Waals surface area contributed by atoms with Crippen molar-refractivity contribution >= 4 is 5.91 Å². The summed E-state index contributed by atoms with van der Waals surface area (Å²) in [5.41, 5.74) is 5.49. The summed E-state index contributed by atoms with van der Waals surface area (Å²) < 4.78 is 19.9. The van der Waals surface area contributed by atoms with E-state index in [1.807, 2.05) is 82.1 Å². The number of carbonyl (C=O) groups is 1. The predicted octanol–water partition coefficient (Wildman–Crippen LogP) is 6.50. The number of pyridine rings is 1. The molecule has 2 aliphatic heterocycles. The first-order valence-corrected chi connectivity index (χ1v) is 16.7. The van der Waals surface area contributed by atoms with Crippen LogP contribution >= 0.6 is 0 Å². The Kier molecular flexibility index (Phi) is 10.4. The summed E-state index contributed by atoms with van der Waals surface area (Å²) in [4.78, 5) is 30.0. The first-order chi connectivity index (χ1) is 22.8. The third-order valence-electron chi connectivity index (χ3n) is 9.45. The monoisotopic (exact) mass is 652 g/mol. The molecule has 48 heavy (non-hydrogen) atoms. The van der Waals surface area contributed by atoms with Gasteiger partial charge < -0.3 is 23.7 Å². The van der Waals surface area contributed by atoms with E-state index in [2.05, 4.69) is 11.0 Å². The summed E-state index contributed by atoms with van der Waals surface area (Å²) in [6, 6.07) is 14.1. The van der Waals surface area contributed by atoms with Crippen molar-refractivity contribution in [1.29, 1.82) is 5.26 Å². The SMILES string of the molecule is COc1cc(-c2cn(C)c(=O)c(C)c2C)cc(OC)c1CN1CC[C@H](Oc2cccc(C3CCCN3C(=O)C(C#N)=CC(C)(C)C)c2)C1. The van der Waals surface area contributed by atoms with Crippen molar-refractivity contribution < 1.29 is 19.0 Å². The van der Waals surface area contributed by atoms with Crippen molar-refractivity contribution in [3.63, 3.8) is 0 Å². The molecule has 9 nitrogen and oxygen atoms in total. The molecule has 254 valence electrons. The Morgan fingerprint density at radius 2 is 1.75 bits per heavy atom. The van der Waals surface area contributed by atoms with E-state index >= 15 is 0 Å². The van der Waals surface area contributed by atoms with Gasteiger partial charge in [0, 0.05) is 50.6 Å². The number of aryl methyl sites for hydroxylation is 1. The van der Waals surface area contributed by atoms with Crippen LogP contribution in [0.15, 0.2) is 59.0 Å². The van der Waals surface area contributed by atoms with Gasteiger partial charge in [-0.2, -0.15) is 5.26 Å². The van der Waals surface area contributed by atoms with Gasteiger partial charge in [-0.1, -0.05) is 39.0 Å². The number of ether oxygens (including phenoxy) is 3. The van der Waals surface area contributed by atoms with Gasteiger partial charge >= 0.3 is 0 Å². The van der Waals surface area contributed by atoms with Gasteiger partial charge in [0.25, 0.3) is 11.5 Å². The second-order valence-electron chi connectivity index (χ2n) is 14.1. The fourth-order valence-corrected chi connectivity index (χ4v) is 6.90. The van der Waals surface area contributed by atoms with Crippen LogP contribution in [0.25, 0.3) is 11.1 Å². The largest absolute Gasteiger partial charge is 0.496 e. The van der Waals surface area contributed by atoms with E-state index in [0.717, 1.165) is 83.0 Å². The molecule has 0 saturated carbocycles.